The lowest BCUT2D eigenvalue weighted by atomic mass is 10.1. The summed E-state index contributed by atoms with van der Waals surface area (Å²) in [5.41, 5.74) is 1.13. The molecule has 1 saturated heterocycles. The third kappa shape index (κ3) is 3.31. The number of nitrogens with zero attached hydrogens (tertiary/aromatic N) is 2. The van der Waals surface area contributed by atoms with Crippen LogP contribution in [0.25, 0.3) is 0 Å². The van der Waals surface area contributed by atoms with E-state index in [4.69, 9.17) is 9.15 Å². The van der Waals surface area contributed by atoms with E-state index in [2.05, 4.69) is 15.9 Å². The van der Waals surface area contributed by atoms with Gasteiger partial charge in [-0.2, -0.15) is 0 Å². The molecule has 2 aromatic rings. The van der Waals surface area contributed by atoms with Crippen molar-refractivity contribution in [3.8, 4) is 5.75 Å². The minimum Gasteiger partial charge on any atom is -0.496 e. The van der Waals surface area contributed by atoms with Gasteiger partial charge in [-0.1, -0.05) is 0 Å². The molecule has 1 fully saturated rings. The number of hydrogen-bond donors (Lipinski definition) is 0. The van der Waals surface area contributed by atoms with E-state index in [-0.39, 0.29) is 11.8 Å². The second kappa shape index (κ2) is 7.09. The zero-order valence-corrected chi connectivity index (χ0v) is 14.8. The lowest BCUT2D eigenvalue weighted by Gasteiger charge is -2.34. The average molecular weight is 393 g/mol. The lowest BCUT2D eigenvalue weighted by Crippen LogP contribution is -2.50. The number of furan rings is 1. The van der Waals surface area contributed by atoms with Crippen molar-refractivity contribution in [1.82, 2.24) is 9.80 Å². The van der Waals surface area contributed by atoms with E-state index in [1.165, 1.54) is 12.5 Å². The zero-order chi connectivity index (χ0) is 17.1. The fourth-order valence-electron chi connectivity index (χ4n) is 2.66. The predicted octanol–water partition coefficient (Wildman–Crippen LogP) is 2.65. The third-order valence-corrected chi connectivity index (χ3v) is 4.64. The molecular formula is C17H17BrN2O4. The van der Waals surface area contributed by atoms with E-state index in [9.17, 15) is 9.59 Å². The van der Waals surface area contributed by atoms with Crippen molar-refractivity contribution < 1.29 is 18.7 Å². The van der Waals surface area contributed by atoms with E-state index in [1.54, 1.807) is 41.2 Å². The summed E-state index contributed by atoms with van der Waals surface area (Å²) in [5, 5.41) is 0. The quantitative estimate of drug-likeness (QED) is 0.805. The standard InChI is InChI=1S/C17H17BrN2O4/c1-23-15-3-2-12(10-14(15)18)16(21)19-5-7-20(8-6-19)17(22)13-4-9-24-11-13/h2-4,9-11H,5-8H2,1H3. The molecule has 0 saturated carbocycles. The first kappa shape index (κ1) is 16.6. The van der Waals surface area contributed by atoms with Crippen LogP contribution in [0.5, 0.6) is 5.75 Å². The van der Waals surface area contributed by atoms with Gasteiger partial charge in [-0.3, -0.25) is 9.59 Å². The van der Waals surface area contributed by atoms with E-state index < -0.39 is 0 Å². The summed E-state index contributed by atoms with van der Waals surface area (Å²) < 4.78 is 10.9. The van der Waals surface area contributed by atoms with Gasteiger partial charge in [0.2, 0.25) is 0 Å². The van der Waals surface area contributed by atoms with Crippen LogP contribution < -0.4 is 4.74 Å². The zero-order valence-electron chi connectivity index (χ0n) is 13.2. The Bertz CT molecular complexity index is 737. The van der Waals surface area contributed by atoms with Crippen molar-refractivity contribution >= 4 is 27.7 Å². The smallest absolute Gasteiger partial charge is 0.257 e. The van der Waals surface area contributed by atoms with E-state index in [0.29, 0.717) is 43.1 Å². The second-order valence-corrected chi connectivity index (χ2v) is 6.30. The molecule has 6 nitrogen and oxygen atoms in total. The molecule has 0 radical (unpaired) electrons. The van der Waals surface area contributed by atoms with Gasteiger partial charge in [0.1, 0.15) is 12.0 Å². The minimum atomic E-state index is -0.0666. The number of ether oxygens (including phenoxy) is 1. The number of rotatable bonds is 3. The summed E-state index contributed by atoms with van der Waals surface area (Å²) in [5.74, 6) is 0.568. The molecule has 3 rings (SSSR count). The fourth-order valence-corrected chi connectivity index (χ4v) is 3.20. The van der Waals surface area contributed by atoms with Gasteiger partial charge in [-0.15, -0.1) is 0 Å². The number of carbonyl (C=O) groups excluding carboxylic acids is 2. The summed E-state index contributed by atoms with van der Waals surface area (Å²) >= 11 is 3.39. The molecule has 7 heteroatoms. The molecule has 1 aromatic carbocycles. The Morgan fingerprint density at radius 3 is 2.17 bits per heavy atom. The summed E-state index contributed by atoms with van der Waals surface area (Å²) in [7, 11) is 1.58. The number of halogens is 1. The number of piperazine rings is 1. The first-order chi connectivity index (χ1) is 11.6. The van der Waals surface area contributed by atoms with Gasteiger partial charge in [0.05, 0.1) is 23.4 Å². The summed E-state index contributed by atoms with van der Waals surface area (Å²) in [6, 6.07) is 6.91. The Labute approximate surface area is 148 Å². The largest absolute Gasteiger partial charge is 0.496 e. The molecule has 1 aromatic heterocycles. The topological polar surface area (TPSA) is 63.0 Å². The molecule has 2 heterocycles. The van der Waals surface area contributed by atoms with Gasteiger partial charge in [0, 0.05) is 31.7 Å². The van der Waals surface area contributed by atoms with Crippen LogP contribution in [0.2, 0.25) is 0 Å². The first-order valence-electron chi connectivity index (χ1n) is 7.54. The molecule has 0 unspecified atom stereocenters. The molecule has 126 valence electrons. The van der Waals surface area contributed by atoms with E-state index in [0.717, 1.165) is 4.47 Å². The SMILES string of the molecule is COc1ccc(C(=O)N2CCN(C(=O)c3ccoc3)CC2)cc1Br. The molecule has 0 bridgehead atoms. The maximum absolute atomic E-state index is 12.6. The normalized spacial score (nSPS) is 14.6. The number of methoxy groups -OCH3 is 1. The van der Waals surface area contributed by atoms with E-state index in [1.807, 2.05) is 0 Å². The molecule has 1 aliphatic heterocycles. The van der Waals surface area contributed by atoms with Gasteiger partial charge >= 0.3 is 0 Å². The van der Waals surface area contributed by atoms with Crippen LogP contribution in [0.3, 0.4) is 0 Å². The van der Waals surface area contributed by atoms with Crippen molar-refractivity contribution in [2.75, 3.05) is 33.3 Å². The second-order valence-electron chi connectivity index (χ2n) is 5.45. The number of hydrogen-bond acceptors (Lipinski definition) is 4. The minimum absolute atomic E-state index is 0.0474. The molecule has 0 N–H and O–H groups in total. The van der Waals surface area contributed by atoms with Crippen LogP contribution >= 0.6 is 15.9 Å². The Morgan fingerprint density at radius 2 is 1.67 bits per heavy atom. The Balaban J connectivity index is 1.63. The monoisotopic (exact) mass is 392 g/mol. The fraction of sp³-hybridized carbons (Fsp3) is 0.294. The van der Waals surface area contributed by atoms with Crippen LogP contribution in [0, 0.1) is 0 Å². The van der Waals surface area contributed by atoms with Crippen molar-refractivity contribution in [3.05, 3.63) is 52.4 Å². The first-order valence-corrected chi connectivity index (χ1v) is 8.33. The van der Waals surface area contributed by atoms with Crippen LogP contribution in [0.4, 0.5) is 0 Å². The van der Waals surface area contributed by atoms with Gasteiger partial charge in [0.15, 0.2) is 0 Å². The lowest BCUT2D eigenvalue weighted by molar-refractivity contribution is 0.0535. The highest BCUT2D eigenvalue weighted by atomic mass is 79.9. The average Bonchev–Trinajstić information content (AvgIpc) is 3.15. The highest BCUT2D eigenvalue weighted by Gasteiger charge is 2.26. The van der Waals surface area contributed by atoms with Crippen molar-refractivity contribution in [3.63, 3.8) is 0 Å². The Morgan fingerprint density at radius 1 is 1.04 bits per heavy atom. The highest BCUT2D eigenvalue weighted by molar-refractivity contribution is 9.10. The Hall–Kier alpha value is -2.28. The molecule has 1 aliphatic rings. The van der Waals surface area contributed by atoms with Crippen LogP contribution in [0.15, 0.2) is 45.7 Å². The maximum Gasteiger partial charge on any atom is 0.257 e. The highest BCUT2D eigenvalue weighted by Crippen LogP contribution is 2.26. The van der Waals surface area contributed by atoms with Crippen LogP contribution in [0.1, 0.15) is 20.7 Å². The Kier molecular flexibility index (Phi) is 4.89. The molecule has 2 amide bonds. The van der Waals surface area contributed by atoms with Crippen LogP contribution in [-0.2, 0) is 0 Å². The van der Waals surface area contributed by atoms with Crippen molar-refractivity contribution in [2.24, 2.45) is 0 Å². The van der Waals surface area contributed by atoms with Crippen LogP contribution in [-0.4, -0.2) is 54.9 Å². The summed E-state index contributed by atoms with van der Waals surface area (Å²) in [4.78, 5) is 28.4. The van der Waals surface area contributed by atoms with Gasteiger partial charge in [0.25, 0.3) is 11.8 Å². The summed E-state index contributed by atoms with van der Waals surface area (Å²) in [6.45, 7) is 2.03. The van der Waals surface area contributed by atoms with Crippen molar-refractivity contribution in [1.29, 1.82) is 0 Å². The molecule has 0 atom stereocenters. The molecular weight excluding hydrogens is 376 g/mol. The molecule has 0 aliphatic carbocycles. The number of amides is 2. The number of carbonyl (C=O) groups is 2. The third-order valence-electron chi connectivity index (χ3n) is 4.02. The molecule has 0 spiro atoms. The predicted molar refractivity (Wildman–Crippen MR) is 91.2 cm³/mol. The number of benzene rings is 1. The van der Waals surface area contributed by atoms with Gasteiger partial charge in [-0.25, -0.2) is 0 Å². The van der Waals surface area contributed by atoms with E-state index >= 15 is 0 Å². The van der Waals surface area contributed by atoms with Gasteiger partial charge in [-0.05, 0) is 40.2 Å². The summed E-state index contributed by atoms with van der Waals surface area (Å²) in [6.07, 6.45) is 2.92. The maximum atomic E-state index is 12.6. The molecule has 24 heavy (non-hydrogen) atoms. The van der Waals surface area contributed by atoms with Crippen molar-refractivity contribution in [2.45, 2.75) is 0 Å². The van der Waals surface area contributed by atoms with Gasteiger partial charge < -0.3 is 19.0 Å².